The van der Waals surface area contributed by atoms with E-state index >= 15 is 0 Å². The molecule has 0 bridgehead atoms. The van der Waals surface area contributed by atoms with Crippen LogP contribution in [0.4, 0.5) is 16.0 Å². The van der Waals surface area contributed by atoms with Gasteiger partial charge in [-0.3, -0.25) is 4.79 Å². The van der Waals surface area contributed by atoms with Gasteiger partial charge in [0.2, 0.25) is 5.95 Å². The second kappa shape index (κ2) is 7.95. The number of nitrogens with zero attached hydrogens (tertiary/aromatic N) is 4. The first-order valence-electron chi connectivity index (χ1n) is 8.57. The van der Waals surface area contributed by atoms with Crippen LogP contribution in [-0.4, -0.2) is 48.6 Å². The Kier molecular flexibility index (Phi) is 5.46. The molecule has 1 aliphatic rings. The molecule has 3 rings (SSSR count). The van der Waals surface area contributed by atoms with Gasteiger partial charge in [-0.2, -0.15) is 0 Å². The molecule has 1 aromatic heterocycles. The number of piperazine rings is 1. The summed E-state index contributed by atoms with van der Waals surface area (Å²) in [5, 5.41) is 2.73. The molecule has 1 aromatic carbocycles. The SMILES string of the molecule is C=CCNC(=O)c1cc(C)nc(N2CCN(c3ccc(F)cc3)CC2)n1. The third kappa shape index (κ3) is 4.17. The molecule has 6 nitrogen and oxygen atoms in total. The number of aryl methyl sites for hydroxylation is 1. The van der Waals surface area contributed by atoms with Crippen molar-refractivity contribution in [3.05, 3.63) is 60.2 Å². The van der Waals surface area contributed by atoms with Gasteiger partial charge in [-0.05, 0) is 37.3 Å². The summed E-state index contributed by atoms with van der Waals surface area (Å²) < 4.78 is 13.1. The van der Waals surface area contributed by atoms with E-state index in [2.05, 4.69) is 31.7 Å². The first kappa shape index (κ1) is 17.8. The zero-order valence-electron chi connectivity index (χ0n) is 14.8. The lowest BCUT2D eigenvalue weighted by Gasteiger charge is -2.36. The maximum Gasteiger partial charge on any atom is 0.270 e. The number of anilines is 2. The second-order valence-electron chi connectivity index (χ2n) is 6.14. The van der Waals surface area contributed by atoms with Crippen LogP contribution >= 0.6 is 0 Å². The number of hydrogen-bond donors (Lipinski definition) is 1. The summed E-state index contributed by atoms with van der Waals surface area (Å²) in [5.41, 5.74) is 2.11. The Morgan fingerprint density at radius 2 is 1.85 bits per heavy atom. The fourth-order valence-corrected chi connectivity index (χ4v) is 2.88. The van der Waals surface area contributed by atoms with Crippen LogP contribution in [0.2, 0.25) is 0 Å². The summed E-state index contributed by atoms with van der Waals surface area (Å²) in [5.74, 6) is 0.0944. The number of aromatic nitrogens is 2. The lowest BCUT2D eigenvalue weighted by molar-refractivity contribution is 0.0953. The maximum absolute atomic E-state index is 13.1. The van der Waals surface area contributed by atoms with Gasteiger partial charge in [0.05, 0.1) is 0 Å². The molecule has 2 aromatic rings. The monoisotopic (exact) mass is 355 g/mol. The number of benzene rings is 1. The van der Waals surface area contributed by atoms with Gasteiger partial charge in [-0.1, -0.05) is 6.08 Å². The molecule has 2 heterocycles. The fraction of sp³-hybridized carbons (Fsp3) is 0.316. The highest BCUT2D eigenvalue weighted by Crippen LogP contribution is 2.19. The number of carbonyl (C=O) groups excluding carboxylic acids is 1. The second-order valence-corrected chi connectivity index (χ2v) is 6.14. The van der Waals surface area contributed by atoms with Crippen molar-refractivity contribution in [3.8, 4) is 0 Å². The molecular formula is C19H22FN5O. The minimum absolute atomic E-state index is 0.234. The molecular weight excluding hydrogens is 333 g/mol. The van der Waals surface area contributed by atoms with Crippen molar-refractivity contribution in [2.75, 3.05) is 42.5 Å². The van der Waals surface area contributed by atoms with Gasteiger partial charge in [0.25, 0.3) is 5.91 Å². The van der Waals surface area contributed by atoms with Crippen molar-refractivity contribution < 1.29 is 9.18 Å². The minimum atomic E-state index is -0.235. The van der Waals surface area contributed by atoms with E-state index < -0.39 is 0 Å². The number of carbonyl (C=O) groups is 1. The van der Waals surface area contributed by atoms with Crippen LogP contribution < -0.4 is 15.1 Å². The maximum atomic E-state index is 13.1. The zero-order chi connectivity index (χ0) is 18.5. The summed E-state index contributed by atoms with van der Waals surface area (Å²) in [6.07, 6.45) is 1.63. The molecule has 0 spiro atoms. The molecule has 0 saturated carbocycles. The zero-order valence-corrected chi connectivity index (χ0v) is 14.8. The molecule has 1 fully saturated rings. The third-order valence-electron chi connectivity index (χ3n) is 4.24. The molecule has 136 valence electrons. The summed E-state index contributed by atoms with van der Waals surface area (Å²) >= 11 is 0. The Balaban J connectivity index is 1.69. The first-order chi connectivity index (χ1) is 12.6. The highest BCUT2D eigenvalue weighted by molar-refractivity contribution is 5.92. The van der Waals surface area contributed by atoms with Gasteiger partial charge in [0, 0.05) is 44.1 Å². The van der Waals surface area contributed by atoms with Crippen LogP contribution in [0.3, 0.4) is 0 Å². The van der Waals surface area contributed by atoms with E-state index in [0.717, 1.165) is 37.6 Å². The van der Waals surface area contributed by atoms with Crippen LogP contribution in [0.15, 0.2) is 43.0 Å². The highest BCUT2D eigenvalue weighted by Gasteiger charge is 2.21. The molecule has 0 radical (unpaired) electrons. The average Bonchev–Trinajstić information content (AvgIpc) is 2.66. The predicted molar refractivity (Wildman–Crippen MR) is 100 cm³/mol. The van der Waals surface area contributed by atoms with Crippen molar-refractivity contribution >= 4 is 17.5 Å². The normalized spacial score (nSPS) is 14.2. The largest absolute Gasteiger partial charge is 0.368 e. The van der Waals surface area contributed by atoms with Gasteiger partial charge >= 0.3 is 0 Å². The van der Waals surface area contributed by atoms with E-state index in [1.807, 2.05) is 6.92 Å². The number of nitrogens with one attached hydrogen (secondary N) is 1. The van der Waals surface area contributed by atoms with E-state index in [9.17, 15) is 9.18 Å². The van der Waals surface area contributed by atoms with Gasteiger partial charge < -0.3 is 15.1 Å². The van der Waals surface area contributed by atoms with Crippen LogP contribution in [-0.2, 0) is 0 Å². The Morgan fingerprint density at radius 3 is 2.50 bits per heavy atom. The molecule has 1 aliphatic heterocycles. The number of hydrogen-bond acceptors (Lipinski definition) is 5. The van der Waals surface area contributed by atoms with Crippen molar-refractivity contribution in [2.45, 2.75) is 6.92 Å². The molecule has 26 heavy (non-hydrogen) atoms. The Hall–Kier alpha value is -2.96. The van der Waals surface area contributed by atoms with Crippen LogP contribution in [0.1, 0.15) is 16.2 Å². The molecule has 0 aliphatic carbocycles. The van der Waals surface area contributed by atoms with Crippen molar-refractivity contribution in [3.63, 3.8) is 0 Å². The molecule has 0 atom stereocenters. The minimum Gasteiger partial charge on any atom is -0.368 e. The van der Waals surface area contributed by atoms with Crippen molar-refractivity contribution in [1.29, 1.82) is 0 Å². The average molecular weight is 355 g/mol. The first-order valence-corrected chi connectivity index (χ1v) is 8.57. The van der Waals surface area contributed by atoms with Gasteiger partial charge in [0.1, 0.15) is 11.5 Å². The van der Waals surface area contributed by atoms with E-state index in [1.165, 1.54) is 12.1 Å². The lowest BCUT2D eigenvalue weighted by Crippen LogP contribution is -2.47. The third-order valence-corrected chi connectivity index (χ3v) is 4.24. The highest BCUT2D eigenvalue weighted by atomic mass is 19.1. The Morgan fingerprint density at radius 1 is 1.19 bits per heavy atom. The predicted octanol–water partition coefficient (Wildman–Crippen LogP) is 2.17. The summed E-state index contributed by atoms with van der Waals surface area (Å²) in [7, 11) is 0. The standard InChI is InChI=1S/C19H22FN5O/c1-3-8-21-18(26)17-13-14(2)22-19(23-17)25-11-9-24(10-12-25)16-6-4-15(20)5-7-16/h3-7,13H,1,8-12H2,2H3,(H,21,26). The fourth-order valence-electron chi connectivity index (χ4n) is 2.88. The van der Waals surface area contributed by atoms with Crippen LogP contribution in [0, 0.1) is 12.7 Å². The Labute approximate surface area is 152 Å². The molecule has 1 amide bonds. The smallest absolute Gasteiger partial charge is 0.270 e. The van der Waals surface area contributed by atoms with Crippen LogP contribution in [0.25, 0.3) is 0 Å². The summed E-state index contributed by atoms with van der Waals surface area (Å²) in [6.45, 7) is 8.86. The van der Waals surface area contributed by atoms with E-state index in [4.69, 9.17) is 0 Å². The number of halogens is 1. The van der Waals surface area contributed by atoms with Crippen molar-refractivity contribution in [2.24, 2.45) is 0 Å². The molecule has 1 N–H and O–H groups in total. The van der Waals surface area contributed by atoms with E-state index in [-0.39, 0.29) is 11.7 Å². The molecule has 7 heteroatoms. The summed E-state index contributed by atoms with van der Waals surface area (Å²) in [6, 6.07) is 8.20. The number of amides is 1. The van der Waals surface area contributed by atoms with E-state index in [1.54, 1.807) is 24.3 Å². The quantitative estimate of drug-likeness (QED) is 0.833. The lowest BCUT2D eigenvalue weighted by atomic mass is 10.2. The van der Waals surface area contributed by atoms with Crippen LogP contribution in [0.5, 0.6) is 0 Å². The number of rotatable bonds is 5. The van der Waals surface area contributed by atoms with Gasteiger partial charge in [-0.15, -0.1) is 6.58 Å². The van der Waals surface area contributed by atoms with Gasteiger partial charge in [0.15, 0.2) is 0 Å². The topological polar surface area (TPSA) is 61.4 Å². The van der Waals surface area contributed by atoms with E-state index in [0.29, 0.717) is 18.2 Å². The Bertz CT molecular complexity index is 785. The summed E-state index contributed by atoms with van der Waals surface area (Å²) in [4.78, 5) is 25.3. The molecule has 1 saturated heterocycles. The van der Waals surface area contributed by atoms with Gasteiger partial charge in [-0.25, -0.2) is 14.4 Å². The molecule has 0 unspecified atom stereocenters. The van der Waals surface area contributed by atoms with Crippen molar-refractivity contribution in [1.82, 2.24) is 15.3 Å².